The van der Waals surface area contributed by atoms with Gasteiger partial charge in [0.05, 0.1) is 0 Å². The van der Waals surface area contributed by atoms with Crippen molar-refractivity contribution >= 4 is 29.7 Å². The van der Waals surface area contributed by atoms with Crippen LogP contribution in [-0.2, 0) is 10.5 Å². The molecule has 1 heterocycles. The number of thioether (sulfide) groups is 1. The van der Waals surface area contributed by atoms with Crippen molar-refractivity contribution in [3.05, 3.63) is 46.2 Å². The fourth-order valence-corrected chi connectivity index (χ4v) is 2.29. The normalized spacial score (nSPS) is 10.1. The second-order valence-electron chi connectivity index (χ2n) is 3.67. The highest BCUT2D eigenvalue weighted by atomic mass is 32.2. The van der Waals surface area contributed by atoms with Crippen LogP contribution >= 0.6 is 11.8 Å². The molecule has 2 aromatic rings. The van der Waals surface area contributed by atoms with E-state index in [0.717, 1.165) is 5.56 Å². The highest BCUT2D eigenvalue weighted by molar-refractivity contribution is 7.98. The molecule has 1 aromatic carbocycles. The lowest BCUT2D eigenvalue weighted by Crippen LogP contribution is -2.18. The largest absolute Gasteiger partial charge is 0.382 e. The number of benzene rings is 1. The Hall–Kier alpha value is -2.28. The van der Waals surface area contributed by atoms with E-state index in [-0.39, 0.29) is 11.5 Å². The zero-order chi connectivity index (χ0) is 13.7. The number of anilines is 2. The first kappa shape index (κ1) is 13.2. The second kappa shape index (κ2) is 6.05. The predicted molar refractivity (Wildman–Crippen MR) is 75.0 cm³/mol. The predicted octanol–water partition coefficient (Wildman–Crippen LogP) is 1.21. The summed E-state index contributed by atoms with van der Waals surface area (Å²) >= 11 is 1.37. The summed E-state index contributed by atoms with van der Waals surface area (Å²) in [5.74, 6) is 0.676. The van der Waals surface area contributed by atoms with Crippen LogP contribution in [-0.4, -0.2) is 16.4 Å². The fourth-order valence-electron chi connectivity index (χ4n) is 1.46. The Morgan fingerprint density at radius 3 is 2.74 bits per heavy atom. The van der Waals surface area contributed by atoms with Gasteiger partial charge in [-0.25, -0.2) is 4.98 Å². The van der Waals surface area contributed by atoms with Crippen LogP contribution in [0.5, 0.6) is 0 Å². The molecule has 0 aliphatic heterocycles. The Balaban J connectivity index is 2.14. The summed E-state index contributed by atoms with van der Waals surface area (Å²) in [6.07, 6.45) is 0.388. The van der Waals surface area contributed by atoms with Crippen molar-refractivity contribution in [2.24, 2.45) is 0 Å². The Morgan fingerprint density at radius 1 is 1.37 bits per heavy atom. The second-order valence-corrected chi connectivity index (χ2v) is 4.63. The van der Waals surface area contributed by atoms with Crippen LogP contribution in [0.4, 0.5) is 11.5 Å². The molecule has 0 saturated heterocycles. The van der Waals surface area contributed by atoms with E-state index in [1.165, 1.54) is 11.8 Å². The summed E-state index contributed by atoms with van der Waals surface area (Å²) in [6, 6.07) is 9.79. The summed E-state index contributed by atoms with van der Waals surface area (Å²) in [7, 11) is 0. The Morgan fingerprint density at radius 2 is 2.11 bits per heavy atom. The lowest BCUT2D eigenvalue weighted by molar-refractivity contribution is -0.105. The Bertz CT molecular complexity index is 627. The molecule has 0 unspecified atom stereocenters. The van der Waals surface area contributed by atoms with Gasteiger partial charge in [0.15, 0.2) is 11.0 Å². The number of aromatic amines is 1. The number of nitrogens with zero attached hydrogens (tertiary/aromatic N) is 1. The molecule has 7 heteroatoms. The number of H-pyrrole nitrogens is 1. The smallest absolute Gasteiger partial charge is 0.277 e. The molecule has 0 fully saturated rings. The van der Waals surface area contributed by atoms with E-state index >= 15 is 0 Å². The van der Waals surface area contributed by atoms with Crippen LogP contribution in [0.3, 0.4) is 0 Å². The zero-order valence-corrected chi connectivity index (χ0v) is 10.7. The Labute approximate surface area is 113 Å². The van der Waals surface area contributed by atoms with Crippen molar-refractivity contribution < 1.29 is 4.79 Å². The monoisotopic (exact) mass is 276 g/mol. The number of hydrogen-bond acceptors (Lipinski definition) is 5. The molecule has 98 valence electrons. The molecule has 1 aromatic heterocycles. The van der Waals surface area contributed by atoms with E-state index in [2.05, 4.69) is 15.3 Å². The first-order valence-corrected chi connectivity index (χ1v) is 6.46. The first-order valence-electron chi connectivity index (χ1n) is 5.47. The average molecular weight is 276 g/mol. The van der Waals surface area contributed by atoms with Crippen molar-refractivity contribution in [1.82, 2.24) is 9.97 Å². The number of amides is 1. The molecule has 0 aliphatic carbocycles. The van der Waals surface area contributed by atoms with Crippen molar-refractivity contribution in [1.29, 1.82) is 0 Å². The summed E-state index contributed by atoms with van der Waals surface area (Å²) in [5, 5.41) is 2.64. The van der Waals surface area contributed by atoms with E-state index in [4.69, 9.17) is 5.73 Å². The molecule has 0 atom stereocenters. The topological polar surface area (TPSA) is 101 Å². The van der Waals surface area contributed by atoms with Gasteiger partial charge < -0.3 is 11.1 Å². The maximum atomic E-state index is 11.7. The minimum absolute atomic E-state index is 0.00594. The molecule has 0 radical (unpaired) electrons. The number of rotatable bonds is 5. The first-order chi connectivity index (χ1) is 9.20. The lowest BCUT2D eigenvalue weighted by Gasteiger charge is -2.05. The van der Waals surface area contributed by atoms with Gasteiger partial charge in [0.1, 0.15) is 5.69 Å². The van der Waals surface area contributed by atoms with E-state index in [1.54, 1.807) is 0 Å². The molecule has 0 aliphatic rings. The van der Waals surface area contributed by atoms with Gasteiger partial charge in [-0.2, -0.15) is 0 Å². The van der Waals surface area contributed by atoms with E-state index in [0.29, 0.717) is 17.3 Å². The highest BCUT2D eigenvalue weighted by Gasteiger charge is 2.08. The fraction of sp³-hybridized carbons (Fsp3) is 0.0833. The number of nitrogens with two attached hydrogens (primary N) is 1. The van der Waals surface area contributed by atoms with Crippen LogP contribution in [0.25, 0.3) is 0 Å². The minimum atomic E-state index is -0.463. The number of carbonyl (C=O) groups excluding carboxylic acids is 1. The van der Waals surface area contributed by atoms with Crippen molar-refractivity contribution in [3.8, 4) is 0 Å². The number of aromatic nitrogens is 2. The molecule has 19 heavy (non-hydrogen) atoms. The van der Waals surface area contributed by atoms with Crippen molar-refractivity contribution in [2.75, 3.05) is 11.1 Å². The quantitative estimate of drug-likeness (QED) is 0.433. The maximum Gasteiger partial charge on any atom is 0.277 e. The third-order valence-electron chi connectivity index (χ3n) is 2.35. The van der Waals surface area contributed by atoms with Gasteiger partial charge in [0, 0.05) is 5.75 Å². The third-order valence-corrected chi connectivity index (χ3v) is 3.29. The molecule has 6 nitrogen and oxygen atoms in total. The molecule has 1 amide bonds. The molecule has 0 spiro atoms. The molecular weight excluding hydrogens is 264 g/mol. The van der Waals surface area contributed by atoms with Gasteiger partial charge in [-0.05, 0) is 5.56 Å². The number of nitrogens with one attached hydrogen (secondary N) is 2. The van der Waals surface area contributed by atoms with Crippen LogP contribution in [0.2, 0.25) is 0 Å². The van der Waals surface area contributed by atoms with Crippen LogP contribution in [0.15, 0.2) is 40.3 Å². The van der Waals surface area contributed by atoms with E-state index in [1.807, 2.05) is 30.3 Å². The van der Waals surface area contributed by atoms with Crippen LogP contribution in [0, 0.1) is 0 Å². The maximum absolute atomic E-state index is 11.7. The number of nitrogen functional groups attached to an aromatic ring is 1. The van der Waals surface area contributed by atoms with Gasteiger partial charge in [0.25, 0.3) is 5.56 Å². The average Bonchev–Trinajstić information content (AvgIpc) is 2.42. The van der Waals surface area contributed by atoms with Crippen LogP contribution in [0.1, 0.15) is 5.56 Å². The van der Waals surface area contributed by atoms with Crippen LogP contribution < -0.4 is 16.6 Å². The molecule has 0 bridgehead atoms. The summed E-state index contributed by atoms with van der Waals surface area (Å²) in [4.78, 5) is 28.6. The lowest BCUT2D eigenvalue weighted by atomic mass is 10.2. The molecule has 2 rings (SSSR count). The zero-order valence-electron chi connectivity index (χ0n) is 9.92. The van der Waals surface area contributed by atoms with Gasteiger partial charge in [0.2, 0.25) is 6.41 Å². The molecule has 0 saturated carbocycles. The van der Waals surface area contributed by atoms with Gasteiger partial charge in [-0.3, -0.25) is 14.6 Å². The summed E-state index contributed by atoms with van der Waals surface area (Å²) < 4.78 is 0. The summed E-state index contributed by atoms with van der Waals surface area (Å²) in [5.41, 5.74) is 6.23. The summed E-state index contributed by atoms with van der Waals surface area (Å²) in [6.45, 7) is 0. The third kappa shape index (κ3) is 3.35. The van der Waals surface area contributed by atoms with Gasteiger partial charge in [-0.15, -0.1) is 0 Å². The molecule has 4 N–H and O–H groups in total. The SMILES string of the molecule is Nc1nc(SCc2ccccc2)[nH]c(=O)c1NC=O. The molecular formula is C12H12N4O2S. The number of hydrogen-bond donors (Lipinski definition) is 3. The minimum Gasteiger partial charge on any atom is -0.382 e. The standard InChI is InChI=1S/C12H12N4O2S/c13-10-9(14-7-17)11(18)16-12(15-10)19-6-8-4-2-1-3-5-8/h1-5,7H,6H2,(H,14,17)(H3,13,15,16,18). The Kier molecular flexibility index (Phi) is 4.19. The van der Waals surface area contributed by atoms with Gasteiger partial charge >= 0.3 is 0 Å². The highest BCUT2D eigenvalue weighted by Crippen LogP contribution is 2.20. The van der Waals surface area contributed by atoms with Gasteiger partial charge in [-0.1, -0.05) is 42.1 Å². The van der Waals surface area contributed by atoms with Crippen molar-refractivity contribution in [2.45, 2.75) is 10.9 Å². The van der Waals surface area contributed by atoms with E-state index in [9.17, 15) is 9.59 Å². The van der Waals surface area contributed by atoms with Crippen molar-refractivity contribution in [3.63, 3.8) is 0 Å². The number of carbonyl (C=O) groups is 1. The van der Waals surface area contributed by atoms with E-state index < -0.39 is 5.56 Å².